The van der Waals surface area contributed by atoms with Crippen LogP contribution in [0.3, 0.4) is 0 Å². The number of rotatable bonds is 9. The van der Waals surface area contributed by atoms with E-state index in [9.17, 15) is 60.3 Å². The van der Waals surface area contributed by atoms with Gasteiger partial charge in [0.1, 0.15) is 6.10 Å². The molecule has 16 heteroatoms. The molecule has 248 valence electrons. The predicted molar refractivity (Wildman–Crippen MR) is 156 cm³/mol. The van der Waals surface area contributed by atoms with Gasteiger partial charge in [0.15, 0.2) is 58.6 Å². The quantitative estimate of drug-likeness (QED) is 0.0675. The van der Waals surface area contributed by atoms with E-state index in [0.717, 1.165) is 42.5 Å². The van der Waals surface area contributed by atoms with Gasteiger partial charge in [0.2, 0.25) is 6.29 Å². The van der Waals surface area contributed by atoms with Crippen molar-refractivity contribution in [3.8, 4) is 40.2 Å². The van der Waals surface area contributed by atoms with Crippen molar-refractivity contribution in [3.63, 3.8) is 0 Å². The number of esters is 3. The summed E-state index contributed by atoms with van der Waals surface area (Å²) in [6.45, 7) is -0.940. The minimum Gasteiger partial charge on any atom is -0.504 e. The largest absolute Gasteiger partial charge is 0.504 e. The van der Waals surface area contributed by atoms with Crippen LogP contribution in [0.2, 0.25) is 0 Å². The maximum atomic E-state index is 13.0. The number of aromatic hydroxyl groups is 7. The highest BCUT2D eigenvalue weighted by atomic mass is 16.7. The van der Waals surface area contributed by atoms with Gasteiger partial charge in [-0.05, 0) is 59.7 Å². The number of carbonyl (C=O) groups excluding carboxylic acids is 3. The second-order valence-corrected chi connectivity index (χ2v) is 9.95. The van der Waals surface area contributed by atoms with Gasteiger partial charge in [0, 0.05) is 12.2 Å². The smallest absolute Gasteiger partial charge is 0.338 e. The number of aliphatic hydroxyl groups excluding tert-OH is 2. The Morgan fingerprint density at radius 3 is 1.66 bits per heavy atom. The van der Waals surface area contributed by atoms with E-state index in [2.05, 4.69) is 0 Å². The number of aliphatic hydroxyl groups is 2. The third kappa shape index (κ3) is 8.20. The number of hydrogen-bond donors (Lipinski definition) is 9. The topological polar surface area (TPSA) is 270 Å². The molecule has 0 aliphatic carbocycles. The van der Waals surface area contributed by atoms with Crippen molar-refractivity contribution in [1.29, 1.82) is 0 Å². The minimum absolute atomic E-state index is 0.244. The molecule has 0 bridgehead atoms. The molecule has 16 nitrogen and oxygen atoms in total. The molecule has 1 heterocycles. The van der Waals surface area contributed by atoms with Crippen LogP contribution < -0.4 is 0 Å². The first-order chi connectivity index (χ1) is 22.3. The van der Waals surface area contributed by atoms with Crippen LogP contribution in [-0.2, 0) is 28.5 Å². The molecule has 0 radical (unpaired) electrons. The van der Waals surface area contributed by atoms with Crippen LogP contribution in [-0.4, -0.2) is 101 Å². The summed E-state index contributed by atoms with van der Waals surface area (Å²) in [4.78, 5) is 38.3. The molecule has 0 aromatic heterocycles. The van der Waals surface area contributed by atoms with Crippen molar-refractivity contribution in [2.24, 2.45) is 0 Å². The van der Waals surface area contributed by atoms with Crippen molar-refractivity contribution < 1.29 is 79.3 Å². The fourth-order valence-electron chi connectivity index (χ4n) is 4.27. The maximum absolute atomic E-state index is 13.0. The molecule has 1 aliphatic rings. The Hall–Kier alpha value is -5.97. The van der Waals surface area contributed by atoms with Crippen LogP contribution in [0.4, 0.5) is 0 Å². The molecule has 0 amide bonds. The van der Waals surface area contributed by atoms with Gasteiger partial charge in [-0.25, -0.2) is 14.4 Å². The van der Waals surface area contributed by atoms with Gasteiger partial charge in [-0.3, -0.25) is 0 Å². The zero-order chi connectivity index (χ0) is 34.4. The van der Waals surface area contributed by atoms with Crippen LogP contribution in [0.15, 0.2) is 60.7 Å². The normalized spacial score (nSPS) is 21.0. The molecule has 0 unspecified atom stereocenters. The van der Waals surface area contributed by atoms with E-state index in [1.807, 2.05) is 0 Å². The van der Waals surface area contributed by atoms with E-state index in [-0.39, 0.29) is 11.1 Å². The zero-order valence-corrected chi connectivity index (χ0v) is 23.9. The summed E-state index contributed by atoms with van der Waals surface area (Å²) < 4.78 is 21.3. The van der Waals surface area contributed by atoms with E-state index in [0.29, 0.717) is 0 Å². The van der Waals surface area contributed by atoms with E-state index in [4.69, 9.17) is 18.9 Å². The molecule has 4 rings (SSSR count). The third-order valence-electron chi connectivity index (χ3n) is 6.65. The van der Waals surface area contributed by atoms with Gasteiger partial charge in [-0.2, -0.15) is 0 Å². The van der Waals surface area contributed by atoms with Crippen molar-refractivity contribution in [2.45, 2.75) is 30.7 Å². The molecule has 9 N–H and O–H groups in total. The van der Waals surface area contributed by atoms with Crippen LogP contribution >= 0.6 is 0 Å². The Morgan fingerprint density at radius 1 is 0.660 bits per heavy atom. The summed E-state index contributed by atoms with van der Waals surface area (Å²) in [5.41, 5.74) is 0.0166. The number of hydrogen-bond acceptors (Lipinski definition) is 16. The molecule has 3 aromatic carbocycles. The summed E-state index contributed by atoms with van der Waals surface area (Å²) in [5.74, 6) is -8.00. The van der Waals surface area contributed by atoms with Gasteiger partial charge in [0.25, 0.3) is 0 Å². The predicted octanol–water partition coefficient (Wildman–Crippen LogP) is 1.11. The molecule has 3 aromatic rings. The highest BCUT2D eigenvalue weighted by molar-refractivity contribution is 5.91. The Bertz CT molecular complexity index is 1690. The SMILES string of the molecule is O=C(C=Cc1ccc(O)c(O)c1)O[C@@H]1O[C@H](CO)[C@@H](OC(=O)c2cc(O)c(O)c(O)c2)[C@H](OC(=O)C=Cc2ccc(O)c(O)c2)[C@H]1O. The second-order valence-electron chi connectivity index (χ2n) is 9.95. The zero-order valence-electron chi connectivity index (χ0n) is 23.9. The standard InChI is InChI=1S/C31H28O16/c32-13-23-28(47-30(43)16-11-21(37)26(41)22(38)12-16)29(45-24(39)7-3-14-1-5-17(33)19(35)9-14)27(42)31(44-23)46-25(40)8-4-15-2-6-18(34)20(36)10-15/h1-12,23,27-29,31-38,41-42H,13H2/t23-,27-,28-,29-,31+/m1/s1. The van der Waals surface area contributed by atoms with Gasteiger partial charge in [0.05, 0.1) is 12.2 Å². The monoisotopic (exact) mass is 656 g/mol. The van der Waals surface area contributed by atoms with E-state index >= 15 is 0 Å². The fourth-order valence-corrected chi connectivity index (χ4v) is 4.27. The van der Waals surface area contributed by atoms with Gasteiger partial charge in [-0.15, -0.1) is 0 Å². The summed E-state index contributed by atoms with van der Waals surface area (Å²) in [7, 11) is 0. The van der Waals surface area contributed by atoms with E-state index in [1.165, 1.54) is 30.4 Å². The van der Waals surface area contributed by atoms with Crippen molar-refractivity contribution in [2.75, 3.05) is 6.61 Å². The van der Waals surface area contributed by atoms with Crippen LogP contribution in [0, 0.1) is 0 Å². The lowest BCUT2D eigenvalue weighted by molar-refractivity contribution is -0.292. The first-order valence-electron chi connectivity index (χ1n) is 13.5. The lowest BCUT2D eigenvalue weighted by Crippen LogP contribution is -2.62. The summed E-state index contributed by atoms with van der Waals surface area (Å²) in [6, 6.07) is 8.78. The number of ether oxygens (including phenoxy) is 4. The number of benzene rings is 3. The number of phenolic OH excluding ortho intramolecular Hbond substituents is 7. The average Bonchev–Trinajstić information content (AvgIpc) is 3.03. The fraction of sp³-hybridized carbons (Fsp3) is 0.194. The Kier molecular flexibility index (Phi) is 10.4. The summed E-state index contributed by atoms with van der Waals surface area (Å²) in [6.07, 6.45) is -5.15. The lowest BCUT2D eigenvalue weighted by atomic mass is 9.98. The lowest BCUT2D eigenvalue weighted by Gasteiger charge is -2.42. The van der Waals surface area contributed by atoms with Crippen molar-refractivity contribution in [3.05, 3.63) is 77.4 Å². The van der Waals surface area contributed by atoms with E-state index in [1.54, 1.807) is 0 Å². The molecule has 5 atom stereocenters. The molecule has 1 saturated heterocycles. The molecule has 47 heavy (non-hydrogen) atoms. The minimum atomic E-state index is -2.05. The highest BCUT2D eigenvalue weighted by Crippen LogP contribution is 2.36. The van der Waals surface area contributed by atoms with Gasteiger partial charge >= 0.3 is 17.9 Å². The Labute approximate surface area is 264 Å². The summed E-state index contributed by atoms with van der Waals surface area (Å²) >= 11 is 0. The van der Waals surface area contributed by atoms with Crippen LogP contribution in [0.5, 0.6) is 40.2 Å². The molecule has 0 saturated carbocycles. The molecule has 0 spiro atoms. The maximum Gasteiger partial charge on any atom is 0.338 e. The molecule has 1 aliphatic heterocycles. The average molecular weight is 657 g/mol. The van der Waals surface area contributed by atoms with Crippen molar-refractivity contribution in [1.82, 2.24) is 0 Å². The third-order valence-corrected chi connectivity index (χ3v) is 6.65. The Morgan fingerprint density at radius 2 is 1.17 bits per heavy atom. The summed E-state index contributed by atoms with van der Waals surface area (Å²) in [5, 5.41) is 88.5. The number of phenols is 7. The number of carbonyl (C=O) groups is 3. The Balaban J connectivity index is 1.58. The van der Waals surface area contributed by atoms with Crippen LogP contribution in [0.25, 0.3) is 12.2 Å². The second kappa shape index (κ2) is 14.4. The molecule has 1 fully saturated rings. The van der Waals surface area contributed by atoms with Gasteiger partial charge < -0.3 is 64.9 Å². The first kappa shape index (κ1) is 33.9. The first-order valence-corrected chi connectivity index (χ1v) is 13.5. The van der Waals surface area contributed by atoms with Crippen molar-refractivity contribution >= 4 is 30.1 Å². The van der Waals surface area contributed by atoms with Crippen LogP contribution in [0.1, 0.15) is 21.5 Å². The van der Waals surface area contributed by atoms with Gasteiger partial charge in [-0.1, -0.05) is 12.1 Å². The molecular weight excluding hydrogens is 628 g/mol. The van der Waals surface area contributed by atoms with E-state index < -0.39 is 101 Å². The highest BCUT2D eigenvalue weighted by Gasteiger charge is 2.51. The molecular formula is C31H28O16.